The van der Waals surface area contributed by atoms with E-state index in [1.807, 2.05) is 4.90 Å². The van der Waals surface area contributed by atoms with Gasteiger partial charge in [-0.15, -0.1) is 0 Å². The minimum Gasteiger partial charge on any atom is -0.368 e. The summed E-state index contributed by atoms with van der Waals surface area (Å²) in [5.74, 6) is -0.402. The van der Waals surface area contributed by atoms with Crippen molar-refractivity contribution in [3.05, 3.63) is 34.4 Å². The van der Waals surface area contributed by atoms with Crippen LogP contribution in [0.5, 0.6) is 0 Å². The van der Waals surface area contributed by atoms with Crippen molar-refractivity contribution >= 4 is 17.3 Å². The smallest absolute Gasteiger partial charge is 0.269 e. The van der Waals surface area contributed by atoms with Gasteiger partial charge in [0, 0.05) is 37.5 Å². The van der Waals surface area contributed by atoms with Crippen LogP contribution >= 0.6 is 0 Å². The quantitative estimate of drug-likeness (QED) is 0.574. The summed E-state index contributed by atoms with van der Waals surface area (Å²) in [4.78, 5) is 23.3. The maximum absolute atomic E-state index is 11.3. The van der Waals surface area contributed by atoms with E-state index in [0.717, 1.165) is 12.2 Å². The Morgan fingerprint density at radius 2 is 2.11 bits per heavy atom. The number of rotatable bonds is 3. The number of amides is 1. The van der Waals surface area contributed by atoms with Gasteiger partial charge in [-0.3, -0.25) is 14.9 Å². The highest BCUT2D eigenvalue weighted by atomic mass is 16.6. The molecular weight excluding hydrogens is 236 g/mol. The lowest BCUT2D eigenvalue weighted by Gasteiger charge is -2.35. The summed E-state index contributed by atoms with van der Waals surface area (Å²) >= 11 is 0. The second-order valence-electron chi connectivity index (χ2n) is 4.09. The van der Waals surface area contributed by atoms with E-state index < -0.39 is 16.9 Å². The molecule has 0 spiro atoms. The number of piperazine rings is 1. The van der Waals surface area contributed by atoms with Gasteiger partial charge in [-0.1, -0.05) is 0 Å². The van der Waals surface area contributed by atoms with Crippen LogP contribution in [-0.4, -0.2) is 36.5 Å². The fourth-order valence-corrected chi connectivity index (χ4v) is 2.03. The van der Waals surface area contributed by atoms with E-state index in [0.29, 0.717) is 13.1 Å². The van der Waals surface area contributed by atoms with Crippen molar-refractivity contribution in [2.75, 3.05) is 24.5 Å². The number of anilines is 1. The first-order valence-corrected chi connectivity index (χ1v) is 5.60. The SMILES string of the molecule is NC(=O)C1CNCCN1c1ccc([N+](=O)[O-])cc1. The molecule has 1 unspecified atom stereocenters. The molecule has 1 amide bonds. The number of carbonyl (C=O) groups excluding carboxylic acids is 1. The number of carbonyl (C=O) groups is 1. The number of hydrogen-bond donors (Lipinski definition) is 2. The minimum absolute atomic E-state index is 0.0320. The lowest BCUT2D eigenvalue weighted by Crippen LogP contribution is -2.57. The van der Waals surface area contributed by atoms with Crippen LogP contribution in [0.3, 0.4) is 0 Å². The van der Waals surface area contributed by atoms with Crippen molar-refractivity contribution in [2.45, 2.75) is 6.04 Å². The van der Waals surface area contributed by atoms with E-state index in [-0.39, 0.29) is 5.69 Å². The molecular formula is C11H14N4O3. The van der Waals surface area contributed by atoms with Crippen LogP contribution in [0.2, 0.25) is 0 Å². The van der Waals surface area contributed by atoms with Crippen molar-refractivity contribution < 1.29 is 9.72 Å². The third-order valence-electron chi connectivity index (χ3n) is 2.96. The summed E-state index contributed by atoms with van der Waals surface area (Å²) in [6.45, 7) is 1.89. The first-order valence-electron chi connectivity index (χ1n) is 5.60. The largest absolute Gasteiger partial charge is 0.368 e. The van der Waals surface area contributed by atoms with Crippen LogP contribution in [0, 0.1) is 10.1 Å². The molecule has 0 radical (unpaired) electrons. The zero-order valence-electron chi connectivity index (χ0n) is 9.70. The fourth-order valence-electron chi connectivity index (χ4n) is 2.03. The lowest BCUT2D eigenvalue weighted by molar-refractivity contribution is -0.384. The topological polar surface area (TPSA) is 102 Å². The van der Waals surface area contributed by atoms with Gasteiger partial charge >= 0.3 is 0 Å². The third kappa shape index (κ3) is 2.40. The van der Waals surface area contributed by atoms with E-state index in [4.69, 9.17) is 5.73 Å². The predicted molar refractivity (Wildman–Crippen MR) is 66.3 cm³/mol. The van der Waals surface area contributed by atoms with Crippen LogP contribution in [-0.2, 0) is 4.79 Å². The number of hydrogen-bond acceptors (Lipinski definition) is 5. The van der Waals surface area contributed by atoms with Gasteiger partial charge in [0.05, 0.1) is 4.92 Å². The molecule has 1 aromatic carbocycles. The Morgan fingerprint density at radius 1 is 1.44 bits per heavy atom. The van der Waals surface area contributed by atoms with Crippen molar-refractivity contribution in [3.8, 4) is 0 Å². The second-order valence-corrected chi connectivity index (χ2v) is 4.09. The maximum Gasteiger partial charge on any atom is 0.269 e. The monoisotopic (exact) mass is 250 g/mol. The molecule has 0 bridgehead atoms. The van der Waals surface area contributed by atoms with E-state index in [1.165, 1.54) is 12.1 Å². The second kappa shape index (κ2) is 5.01. The van der Waals surface area contributed by atoms with Gasteiger partial charge in [-0.05, 0) is 12.1 Å². The first-order chi connectivity index (χ1) is 8.59. The molecule has 7 heteroatoms. The van der Waals surface area contributed by atoms with Gasteiger partial charge in [0.2, 0.25) is 5.91 Å². The normalized spacial score (nSPS) is 19.6. The molecule has 0 aromatic heterocycles. The molecule has 1 heterocycles. The van der Waals surface area contributed by atoms with Crippen molar-refractivity contribution in [2.24, 2.45) is 5.73 Å². The molecule has 7 nitrogen and oxygen atoms in total. The lowest BCUT2D eigenvalue weighted by atomic mass is 10.1. The molecule has 1 saturated heterocycles. The van der Waals surface area contributed by atoms with E-state index in [9.17, 15) is 14.9 Å². The third-order valence-corrected chi connectivity index (χ3v) is 2.96. The molecule has 1 aliphatic heterocycles. The van der Waals surface area contributed by atoms with Gasteiger partial charge in [0.15, 0.2) is 0 Å². The van der Waals surface area contributed by atoms with Crippen LogP contribution < -0.4 is 16.0 Å². The Labute approximate surface area is 104 Å². The average molecular weight is 250 g/mol. The number of nitro benzene ring substituents is 1. The van der Waals surface area contributed by atoms with Crippen LogP contribution in [0.15, 0.2) is 24.3 Å². The Morgan fingerprint density at radius 3 is 2.67 bits per heavy atom. The number of primary amides is 1. The summed E-state index contributed by atoms with van der Waals surface area (Å²) in [6.07, 6.45) is 0. The summed E-state index contributed by atoms with van der Waals surface area (Å²) < 4.78 is 0. The van der Waals surface area contributed by atoms with Gasteiger partial charge in [0.1, 0.15) is 6.04 Å². The van der Waals surface area contributed by atoms with Gasteiger partial charge in [-0.2, -0.15) is 0 Å². The van der Waals surface area contributed by atoms with Gasteiger partial charge in [0.25, 0.3) is 5.69 Å². The van der Waals surface area contributed by atoms with Crippen molar-refractivity contribution in [3.63, 3.8) is 0 Å². The molecule has 0 saturated carbocycles. The molecule has 1 atom stereocenters. The van der Waals surface area contributed by atoms with Crippen molar-refractivity contribution in [1.82, 2.24) is 5.32 Å². The molecule has 0 aliphatic carbocycles. The van der Waals surface area contributed by atoms with E-state index in [2.05, 4.69) is 5.32 Å². The highest BCUT2D eigenvalue weighted by molar-refractivity contribution is 5.84. The summed E-state index contributed by atoms with van der Waals surface area (Å²) in [6, 6.07) is 5.71. The maximum atomic E-state index is 11.3. The summed E-state index contributed by atoms with van der Waals surface area (Å²) in [5, 5.41) is 13.7. The molecule has 1 aliphatic rings. The number of nitrogens with one attached hydrogen (secondary N) is 1. The Balaban J connectivity index is 2.23. The zero-order chi connectivity index (χ0) is 13.1. The van der Waals surface area contributed by atoms with Gasteiger partial charge < -0.3 is 16.0 Å². The molecule has 1 fully saturated rings. The Bertz CT molecular complexity index is 460. The van der Waals surface area contributed by atoms with Crippen molar-refractivity contribution in [1.29, 1.82) is 0 Å². The molecule has 3 N–H and O–H groups in total. The molecule has 2 rings (SSSR count). The zero-order valence-corrected chi connectivity index (χ0v) is 9.70. The number of nitrogens with two attached hydrogens (primary N) is 1. The fraction of sp³-hybridized carbons (Fsp3) is 0.364. The van der Waals surface area contributed by atoms with Crippen LogP contribution in [0.1, 0.15) is 0 Å². The number of nitrogens with zero attached hydrogens (tertiary/aromatic N) is 2. The highest BCUT2D eigenvalue weighted by Crippen LogP contribution is 2.21. The van der Waals surface area contributed by atoms with Gasteiger partial charge in [-0.25, -0.2) is 0 Å². The minimum atomic E-state index is -0.451. The average Bonchev–Trinajstić information content (AvgIpc) is 2.39. The molecule has 18 heavy (non-hydrogen) atoms. The summed E-state index contributed by atoms with van der Waals surface area (Å²) in [7, 11) is 0. The number of non-ortho nitro benzene ring substituents is 1. The van der Waals surface area contributed by atoms with Crippen LogP contribution in [0.4, 0.5) is 11.4 Å². The highest BCUT2D eigenvalue weighted by Gasteiger charge is 2.27. The standard InChI is InChI=1S/C11H14N4O3/c12-11(16)10-7-13-5-6-14(10)8-1-3-9(4-2-8)15(17)18/h1-4,10,13H,5-7H2,(H2,12,16). The Hall–Kier alpha value is -2.15. The van der Waals surface area contributed by atoms with E-state index in [1.54, 1.807) is 12.1 Å². The number of nitro groups is 1. The molecule has 1 aromatic rings. The first kappa shape index (κ1) is 12.3. The number of benzene rings is 1. The summed E-state index contributed by atoms with van der Waals surface area (Å²) in [5.41, 5.74) is 6.15. The predicted octanol–water partition coefficient (Wildman–Crippen LogP) is -0.142. The van der Waals surface area contributed by atoms with E-state index >= 15 is 0 Å². The Kier molecular flexibility index (Phi) is 3.42. The molecule has 96 valence electrons. The van der Waals surface area contributed by atoms with Crippen LogP contribution in [0.25, 0.3) is 0 Å².